The second-order valence-corrected chi connectivity index (χ2v) is 8.55. The van der Waals surface area contributed by atoms with Crippen LogP contribution < -0.4 is 5.32 Å². The molecule has 12 heteroatoms. The van der Waals surface area contributed by atoms with Gasteiger partial charge in [0.05, 0.1) is 12.8 Å². The van der Waals surface area contributed by atoms with Crippen molar-refractivity contribution >= 4 is 29.5 Å². The lowest BCUT2D eigenvalue weighted by Gasteiger charge is -2.26. The summed E-state index contributed by atoms with van der Waals surface area (Å²) >= 11 is 1.46. The highest BCUT2D eigenvalue weighted by atomic mass is 32.2. The lowest BCUT2D eigenvalue weighted by Crippen LogP contribution is -2.37. The van der Waals surface area contributed by atoms with E-state index in [1.807, 2.05) is 23.3 Å². The molecule has 1 aliphatic heterocycles. The molecule has 0 aliphatic carbocycles. The summed E-state index contributed by atoms with van der Waals surface area (Å²) in [5, 5.41) is 11.0. The van der Waals surface area contributed by atoms with E-state index in [1.54, 1.807) is 12.5 Å². The summed E-state index contributed by atoms with van der Waals surface area (Å²) in [6, 6.07) is 4.04. The van der Waals surface area contributed by atoms with Gasteiger partial charge in [-0.25, -0.2) is 14.8 Å². The Balaban J connectivity index is 0.000000479. The number of carbonyl (C=O) groups is 2. The standard InChI is InChI=1S/C19H26N4O2S.C2HF3O2/c1-13(2)10-14-6-4-8-23(14)18(24)16-12-21-19(26-3)22-17(16)20-11-15-7-5-9-25-15;3-2(4,5)1(6)7/h5,7,9,12-14H,4,6,8,10-11H2,1-3H3,(H,20,21,22);(H,6,7). The van der Waals surface area contributed by atoms with Crippen LogP contribution in [0.4, 0.5) is 19.0 Å². The van der Waals surface area contributed by atoms with Crippen molar-refractivity contribution in [3.8, 4) is 0 Å². The van der Waals surface area contributed by atoms with E-state index in [4.69, 9.17) is 14.3 Å². The maximum absolute atomic E-state index is 13.2. The number of hydrogen-bond donors (Lipinski definition) is 2. The first-order valence-electron chi connectivity index (χ1n) is 10.3. The van der Waals surface area contributed by atoms with E-state index in [0.717, 1.165) is 31.6 Å². The Hall–Kier alpha value is -2.76. The van der Waals surface area contributed by atoms with Crippen LogP contribution >= 0.6 is 11.8 Å². The number of nitrogens with one attached hydrogen (secondary N) is 1. The molecule has 2 aromatic rings. The van der Waals surface area contributed by atoms with Gasteiger partial charge >= 0.3 is 12.1 Å². The molecule has 0 radical (unpaired) electrons. The van der Waals surface area contributed by atoms with Gasteiger partial charge in [0, 0.05) is 18.8 Å². The highest BCUT2D eigenvalue weighted by molar-refractivity contribution is 7.98. The Morgan fingerprint density at radius 1 is 1.39 bits per heavy atom. The van der Waals surface area contributed by atoms with Gasteiger partial charge in [-0.3, -0.25) is 4.79 Å². The van der Waals surface area contributed by atoms with E-state index in [9.17, 15) is 18.0 Å². The lowest BCUT2D eigenvalue weighted by molar-refractivity contribution is -0.192. The van der Waals surface area contributed by atoms with Gasteiger partial charge in [-0.2, -0.15) is 13.2 Å². The van der Waals surface area contributed by atoms with Crippen molar-refractivity contribution in [2.75, 3.05) is 18.1 Å². The fourth-order valence-corrected chi connectivity index (χ4v) is 3.73. The summed E-state index contributed by atoms with van der Waals surface area (Å²) in [6.45, 7) is 5.69. The number of aromatic nitrogens is 2. The van der Waals surface area contributed by atoms with Gasteiger partial charge in [0.25, 0.3) is 5.91 Å². The number of amides is 1. The molecular weight excluding hydrogens is 461 g/mol. The molecule has 33 heavy (non-hydrogen) atoms. The molecule has 2 N–H and O–H groups in total. The summed E-state index contributed by atoms with van der Waals surface area (Å²) in [6.07, 6.45) is 3.29. The summed E-state index contributed by atoms with van der Waals surface area (Å²) in [5.74, 6) is -0.803. The Morgan fingerprint density at radius 2 is 2.09 bits per heavy atom. The van der Waals surface area contributed by atoms with Gasteiger partial charge in [0.2, 0.25) is 0 Å². The van der Waals surface area contributed by atoms with Gasteiger partial charge in [0.15, 0.2) is 5.16 Å². The fourth-order valence-electron chi connectivity index (χ4n) is 3.39. The number of halogens is 3. The first kappa shape index (κ1) is 26.5. The predicted molar refractivity (Wildman–Crippen MR) is 117 cm³/mol. The number of carboxylic acids is 1. The number of nitrogens with zero attached hydrogens (tertiary/aromatic N) is 3. The number of furan rings is 1. The second kappa shape index (κ2) is 11.9. The van der Waals surface area contributed by atoms with Crippen LogP contribution in [0.2, 0.25) is 0 Å². The molecule has 0 spiro atoms. The largest absolute Gasteiger partial charge is 0.490 e. The molecule has 1 saturated heterocycles. The fraction of sp³-hybridized carbons (Fsp3) is 0.524. The summed E-state index contributed by atoms with van der Waals surface area (Å²) in [4.78, 5) is 32.9. The molecule has 182 valence electrons. The third kappa shape index (κ3) is 7.95. The van der Waals surface area contributed by atoms with E-state index in [1.165, 1.54) is 11.8 Å². The first-order valence-corrected chi connectivity index (χ1v) is 11.5. The minimum atomic E-state index is -5.08. The number of rotatable bonds is 7. The van der Waals surface area contributed by atoms with Crippen LogP contribution in [0.3, 0.4) is 0 Å². The van der Waals surface area contributed by atoms with Crippen molar-refractivity contribution in [1.29, 1.82) is 0 Å². The average molecular weight is 489 g/mol. The molecule has 0 bridgehead atoms. The molecular formula is C21H27F3N4O4S. The highest BCUT2D eigenvalue weighted by Gasteiger charge is 2.38. The number of anilines is 1. The molecule has 3 heterocycles. The first-order chi connectivity index (χ1) is 15.5. The zero-order valence-corrected chi connectivity index (χ0v) is 19.4. The maximum atomic E-state index is 13.2. The maximum Gasteiger partial charge on any atom is 0.490 e. The Morgan fingerprint density at radius 3 is 2.64 bits per heavy atom. The van der Waals surface area contributed by atoms with E-state index in [2.05, 4.69) is 29.1 Å². The van der Waals surface area contributed by atoms with Crippen LogP contribution in [0.15, 0.2) is 34.2 Å². The van der Waals surface area contributed by atoms with Crippen LogP contribution in [0.25, 0.3) is 0 Å². The third-order valence-electron chi connectivity index (χ3n) is 4.81. The number of thioether (sulfide) groups is 1. The van der Waals surface area contributed by atoms with Crippen molar-refractivity contribution < 1.29 is 32.3 Å². The predicted octanol–water partition coefficient (Wildman–Crippen LogP) is 4.69. The number of aliphatic carboxylic acids is 1. The van der Waals surface area contributed by atoms with E-state index >= 15 is 0 Å². The van der Waals surface area contributed by atoms with Gasteiger partial charge < -0.3 is 19.7 Å². The zero-order valence-electron chi connectivity index (χ0n) is 18.6. The molecule has 1 amide bonds. The monoisotopic (exact) mass is 488 g/mol. The molecule has 0 saturated carbocycles. The Labute approximate surface area is 194 Å². The number of hydrogen-bond acceptors (Lipinski definition) is 7. The molecule has 2 aromatic heterocycles. The van der Waals surface area contributed by atoms with Crippen LogP contribution in [0, 0.1) is 5.92 Å². The summed E-state index contributed by atoms with van der Waals surface area (Å²) in [7, 11) is 0. The molecule has 0 aromatic carbocycles. The van der Waals surface area contributed by atoms with Crippen molar-refractivity contribution in [2.45, 2.75) is 57.0 Å². The van der Waals surface area contributed by atoms with Crippen LogP contribution in [0.1, 0.15) is 49.2 Å². The molecule has 1 aliphatic rings. The van der Waals surface area contributed by atoms with Crippen molar-refractivity contribution in [3.63, 3.8) is 0 Å². The van der Waals surface area contributed by atoms with Crippen molar-refractivity contribution in [2.24, 2.45) is 5.92 Å². The quantitative estimate of drug-likeness (QED) is 0.427. The minimum Gasteiger partial charge on any atom is -0.475 e. The van der Waals surface area contributed by atoms with Gasteiger partial charge in [-0.1, -0.05) is 25.6 Å². The molecule has 1 fully saturated rings. The van der Waals surface area contributed by atoms with Crippen LogP contribution in [-0.2, 0) is 11.3 Å². The normalized spacial score (nSPS) is 15.8. The molecule has 1 atom stereocenters. The van der Waals surface area contributed by atoms with E-state index in [0.29, 0.717) is 35.0 Å². The highest BCUT2D eigenvalue weighted by Crippen LogP contribution is 2.27. The van der Waals surface area contributed by atoms with Gasteiger partial charge in [-0.15, -0.1) is 0 Å². The van der Waals surface area contributed by atoms with Crippen molar-refractivity contribution in [3.05, 3.63) is 35.9 Å². The van der Waals surface area contributed by atoms with Crippen LogP contribution in [0.5, 0.6) is 0 Å². The number of likely N-dealkylation sites (tertiary alicyclic amines) is 1. The van der Waals surface area contributed by atoms with Gasteiger partial charge in [0.1, 0.15) is 17.1 Å². The summed E-state index contributed by atoms with van der Waals surface area (Å²) < 4.78 is 37.1. The Kier molecular flexibility index (Phi) is 9.56. The smallest absolute Gasteiger partial charge is 0.475 e. The minimum absolute atomic E-state index is 0.0164. The molecule has 8 nitrogen and oxygen atoms in total. The third-order valence-corrected chi connectivity index (χ3v) is 5.38. The average Bonchev–Trinajstić information content (AvgIpc) is 3.43. The van der Waals surface area contributed by atoms with Crippen molar-refractivity contribution in [1.82, 2.24) is 14.9 Å². The number of alkyl halides is 3. The Bertz CT molecular complexity index is 923. The molecule has 1 unspecified atom stereocenters. The summed E-state index contributed by atoms with van der Waals surface area (Å²) in [5.41, 5.74) is 0.532. The zero-order chi connectivity index (χ0) is 24.6. The molecule has 3 rings (SSSR count). The topological polar surface area (TPSA) is 109 Å². The van der Waals surface area contributed by atoms with Gasteiger partial charge in [-0.05, 0) is 43.6 Å². The lowest BCUT2D eigenvalue weighted by atomic mass is 10.0. The van der Waals surface area contributed by atoms with E-state index in [-0.39, 0.29) is 5.91 Å². The van der Waals surface area contributed by atoms with E-state index < -0.39 is 12.1 Å². The number of carbonyl (C=O) groups excluding carboxylic acids is 1. The number of carboxylic acid groups (broad SMARTS) is 1. The van der Waals surface area contributed by atoms with Crippen LogP contribution in [-0.4, -0.2) is 56.9 Å². The SMILES string of the molecule is CSc1ncc(C(=O)N2CCCC2CC(C)C)c(NCc2ccco2)n1.O=C(O)C(F)(F)F. The second-order valence-electron chi connectivity index (χ2n) is 7.78.